The number of amides is 1. The molecule has 1 aromatic carbocycles. The van der Waals surface area contributed by atoms with Gasteiger partial charge in [0.15, 0.2) is 0 Å². The number of hydrogen-bond donors (Lipinski definition) is 1. The Labute approximate surface area is 149 Å². The minimum Gasteiger partial charge on any atom is -0.375 e. The molecule has 0 spiro atoms. The fourth-order valence-electron chi connectivity index (χ4n) is 3.54. The molecule has 24 heavy (non-hydrogen) atoms. The van der Waals surface area contributed by atoms with Crippen molar-refractivity contribution in [2.24, 2.45) is 0 Å². The molecule has 2 aliphatic heterocycles. The molecule has 3 unspecified atom stereocenters. The second-order valence-corrected chi connectivity index (χ2v) is 6.55. The number of piperazine rings is 1. The average Bonchev–Trinajstić information content (AvgIpc) is 2.98. The van der Waals surface area contributed by atoms with Gasteiger partial charge in [0.1, 0.15) is 5.82 Å². The third-order valence-corrected chi connectivity index (χ3v) is 4.80. The van der Waals surface area contributed by atoms with Gasteiger partial charge in [-0.3, -0.25) is 4.79 Å². The molecular weight excluding hydrogens is 331 g/mol. The third-order valence-electron chi connectivity index (χ3n) is 4.80. The number of carbonyl (C=O) groups excluding carboxylic acids is 1. The predicted octanol–water partition coefficient (Wildman–Crippen LogP) is 3.07. The molecule has 2 heterocycles. The highest BCUT2D eigenvalue weighted by Crippen LogP contribution is 2.26. The molecule has 2 aliphatic rings. The summed E-state index contributed by atoms with van der Waals surface area (Å²) >= 11 is 0. The SMILES string of the molecule is CC1CCC(CCC(=O)N2CCNCC2c2cccc(F)c2)O1.Cl. The zero-order valence-corrected chi connectivity index (χ0v) is 14.9. The number of rotatable bonds is 4. The van der Waals surface area contributed by atoms with Gasteiger partial charge in [-0.2, -0.15) is 0 Å². The van der Waals surface area contributed by atoms with Gasteiger partial charge in [-0.1, -0.05) is 12.1 Å². The van der Waals surface area contributed by atoms with Crippen LogP contribution < -0.4 is 5.32 Å². The van der Waals surface area contributed by atoms with Crippen LogP contribution >= 0.6 is 12.4 Å². The summed E-state index contributed by atoms with van der Waals surface area (Å²) in [5, 5.41) is 3.30. The molecule has 0 aromatic heterocycles. The van der Waals surface area contributed by atoms with Crippen LogP contribution in [0.25, 0.3) is 0 Å². The van der Waals surface area contributed by atoms with Gasteiger partial charge in [-0.15, -0.1) is 12.4 Å². The Morgan fingerprint density at radius 3 is 2.96 bits per heavy atom. The molecule has 1 amide bonds. The van der Waals surface area contributed by atoms with Crippen molar-refractivity contribution in [3.05, 3.63) is 35.6 Å². The summed E-state index contributed by atoms with van der Waals surface area (Å²) in [6.07, 6.45) is 3.94. The summed E-state index contributed by atoms with van der Waals surface area (Å²) in [7, 11) is 0. The van der Waals surface area contributed by atoms with Crippen molar-refractivity contribution in [1.29, 1.82) is 0 Å². The summed E-state index contributed by atoms with van der Waals surface area (Å²) in [5.41, 5.74) is 0.858. The number of ether oxygens (including phenoxy) is 1. The minimum atomic E-state index is -0.256. The highest BCUT2D eigenvalue weighted by molar-refractivity contribution is 5.85. The van der Waals surface area contributed by atoms with E-state index in [1.165, 1.54) is 12.1 Å². The van der Waals surface area contributed by atoms with E-state index in [4.69, 9.17) is 4.74 Å². The Balaban J connectivity index is 0.00000208. The lowest BCUT2D eigenvalue weighted by molar-refractivity contribution is -0.135. The van der Waals surface area contributed by atoms with Crippen LogP contribution in [0.5, 0.6) is 0 Å². The first-order chi connectivity index (χ1) is 11.1. The lowest BCUT2D eigenvalue weighted by atomic mass is 10.0. The predicted molar refractivity (Wildman–Crippen MR) is 93.8 cm³/mol. The topological polar surface area (TPSA) is 41.6 Å². The fourth-order valence-corrected chi connectivity index (χ4v) is 3.54. The number of benzene rings is 1. The fraction of sp³-hybridized carbons (Fsp3) is 0.611. The Morgan fingerprint density at radius 2 is 2.25 bits per heavy atom. The largest absolute Gasteiger partial charge is 0.375 e. The van der Waals surface area contributed by atoms with Crippen LogP contribution in [0, 0.1) is 5.82 Å². The first-order valence-electron chi connectivity index (χ1n) is 8.54. The second kappa shape index (κ2) is 8.79. The van der Waals surface area contributed by atoms with Crippen LogP contribution in [0.2, 0.25) is 0 Å². The molecule has 2 fully saturated rings. The Bertz CT molecular complexity index is 558. The van der Waals surface area contributed by atoms with Crippen molar-refractivity contribution in [3.63, 3.8) is 0 Å². The Morgan fingerprint density at radius 1 is 1.42 bits per heavy atom. The maximum atomic E-state index is 13.5. The van der Waals surface area contributed by atoms with Gasteiger partial charge in [-0.25, -0.2) is 4.39 Å². The van der Waals surface area contributed by atoms with Gasteiger partial charge >= 0.3 is 0 Å². The summed E-state index contributed by atoms with van der Waals surface area (Å²) in [6, 6.07) is 6.47. The molecule has 4 nitrogen and oxygen atoms in total. The number of nitrogens with zero attached hydrogens (tertiary/aromatic N) is 1. The number of carbonyl (C=O) groups is 1. The lowest BCUT2D eigenvalue weighted by Crippen LogP contribution is -2.48. The van der Waals surface area contributed by atoms with Crippen LogP contribution in [0.3, 0.4) is 0 Å². The van der Waals surface area contributed by atoms with Crippen molar-refractivity contribution >= 4 is 18.3 Å². The van der Waals surface area contributed by atoms with Gasteiger partial charge in [0.2, 0.25) is 5.91 Å². The first-order valence-corrected chi connectivity index (χ1v) is 8.54. The van der Waals surface area contributed by atoms with Crippen LogP contribution in [-0.4, -0.2) is 42.6 Å². The molecule has 1 aromatic rings. The first kappa shape index (κ1) is 19.2. The molecule has 1 N–H and O–H groups in total. The van der Waals surface area contributed by atoms with Gasteiger partial charge in [0.05, 0.1) is 18.2 Å². The van der Waals surface area contributed by atoms with Crippen LogP contribution in [0.15, 0.2) is 24.3 Å². The van der Waals surface area contributed by atoms with E-state index in [1.807, 2.05) is 11.0 Å². The van der Waals surface area contributed by atoms with E-state index in [1.54, 1.807) is 6.07 Å². The van der Waals surface area contributed by atoms with E-state index in [0.29, 0.717) is 25.6 Å². The Kier molecular flexibility index (Phi) is 7.02. The van der Waals surface area contributed by atoms with Crippen molar-refractivity contribution in [2.75, 3.05) is 19.6 Å². The van der Waals surface area contributed by atoms with E-state index >= 15 is 0 Å². The van der Waals surface area contributed by atoms with E-state index in [9.17, 15) is 9.18 Å². The monoisotopic (exact) mass is 356 g/mol. The van der Waals surface area contributed by atoms with E-state index in [-0.39, 0.29) is 36.3 Å². The zero-order chi connectivity index (χ0) is 16.2. The smallest absolute Gasteiger partial charge is 0.223 e. The van der Waals surface area contributed by atoms with Crippen molar-refractivity contribution < 1.29 is 13.9 Å². The van der Waals surface area contributed by atoms with Gasteiger partial charge in [-0.05, 0) is 43.9 Å². The molecule has 0 saturated carbocycles. The molecule has 0 radical (unpaired) electrons. The van der Waals surface area contributed by atoms with Gasteiger partial charge in [0, 0.05) is 26.1 Å². The molecule has 3 atom stereocenters. The van der Waals surface area contributed by atoms with E-state index in [2.05, 4.69) is 12.2 Å². The molecule has 6 heteroatoms. The zero-order valence-electron chi connectivity index (χ0n) is 14.0. The minimum absolute atomic E-state index is 0. The molecule has 0 bridgehead atoms. The Hall–Kier alpha value is -1.17. The quantitative estimate of drug-likeness (QED) is 0.901. The maximum Gasteiger partial charge on any atom is 0.223 e. The van der Waals surface area contributed by atoms with Gasteiger partial charge < -0.3 is 15.0 Å². The normalized spacial score (nSPS) is 26.9. The van der Waals surface area contributed by atoms with E-state index < -0.39 is 0 Å². The van der Waals surface area contributed by atoms with Crippen molar-refractivity contribution in [1.82, 2.24) is 10.2 Å². The molecule has 0 aliphatic carbocycles. The maximum absolute atomic E-state index is 13.5. The summed E-state index contributed by atoms with van der Waals surface area (Å²) in [4.78, 5) is 14.5. The van der Waals surface area contributed by atoms with Gasteiger partial charge in [0.25, 0.3) is 0 Å². The van der Waals surface area contributed by atoms with Crippen molar-refractivity contribution in [2.45, 2.75) is 50.9 Å². The third kappa shape index (κ3) is 4.68. The second-order valence-electron chi connectivity index (χ2n) is 6.55. The summed E-state index contributed by atoms with van der Waals surface area (Å²) in [6.45, 7) is 4.21. The molecule has 134 valence electrons. The number of nitrogens with one attached hydrogen (secondary N) is 1. The van der Waals surface area contributed by atoms with E-state index in [0.717, 1.165) is 31.4 Å². The van der Waals surface area contributed by atoms with Crippen LogP contribution in [-0.2, 0) is 9.53 Å². The highest BCUT2D eigenvalue weighted by Gasteiger charge is 2.29. The van der Waals surface area contributed by atoms with Crippen LogP contribution in [0.4, 0.5) is 4.39 Å². The summed E-state index contributed by atoms with van der Waals surface area (Å²) < 4.78 is 19.3. The molecular formula is C18H26ClFN2O2. The lowest BCUT2D eigenvalue weighted by Gasteiger charge is -2.37. The number of halogens is 2. The number of hydrogen-bond acceptors (Lipinski definition) is 3. The standard InChI is InChI=1S/C18H25FN2O2.ClH/c1-13-5-6-16(23-13)7-8-18(22)21-10-9-20-12-17(21)14-3-2-4-15(19)11-14;/h2-4,11,13,16-17,20H,5-10,12H2,1H3;1H. The summed E-state index contributed by atoms with van der Waals surface area (Å²) in [5.74, 6) is -0.113. The average molecular weight is 357 g/mol. The molecule has 2 saturated heterocycles. The van der Waals surface area contributed by atoms with Crippen LogP contribution in [0.1, 0.15) is 44.2 Å². The van der Waals surface area contributed by atoms with Crippen molar-refractivity contribution in [3.8, 4) is 0 Å². The highest BCUT2D eigenvalue weighted by atomic mass is 35.5. The molecule has 3 rings (SSSR count).